The molecule has 0 saturated carbocycles. The molecule has 0 aliphatic rings. The molecule has 1 aromatic carbocycles. The van der Waals surface area contributed by atoms with Crippen molar-refractivity contribution in [2.45, 2.75) is 24.3 Å². The predicted octanol–water partition coefficient (Wildman–Crippen LogP) is 1.99. The molecule has 4 rings (SSSR count). The summed E-state index contributed by atoms with van der Waals surface area (Å²) in [7, 11) is 0. The molecular formula is C14H13N9OS. The number of nitrogens with zero attached hydrogens (tertiary/aromatic N) is 8. The topological polar surface area (TPSA) is 124 Å². The minimum absolute atomic E-state index is 0.139. The Kier molecular flexibility index (Phi) is 3.98. The predicted molar refractivity (Wildman–Crippen MR) is 87.8 cm³/mol. The second-order valence-electron chi connectivity index (χ2n) is 5.26. The zero-order valence-electron chi connectivity index (χ0n) is 13.4. The number of aromatic nitrogens is 9. The summed E-state index contributed by atoms with van der Waals surface area (Å²) in [6.45, 7) is 3.97. The van der Waals surface area contributed by atoms with Crippen molar-refractivity contribution in [3.8, 4) is 17.3 Å². The standard InChI is InChI=1S/C14H13N9OS/c1-8-3-5-10(6-4-8)23-14(19-21-22-23)25-9(2)13-17-12(20-24-13)11-15-7-16-18-11/h3-7,9H,1-2H3,(H,15,16,18). The molecule has 0 fully saturated rings. The Morgan fingerprint density at radius 1 is 1.24 bits per heavy atom. The van der Waals surface area contributed by atoms with Gasteiger partial charge in [0, 0.05) is 0 Å². The molecule has 0 radical (unpaired) electrons. The van der Waals surface area contributed by atoms with Gasteiger partial charge in [-0.05, 0) is 36.4 Å². The van der Waals surface area contributed by atoms with Gasteiger partial charge >= 0.3 is 0 Å². The summed E-state index contributed by atoms with van der Waals surface area (Å²) in [5.41, 5.74) is 2.06. The monoisotopic (exact) mass is 355 g/mol. The molecule has 3 aromatic heterocycles. The summed E-state index contributed by atoms with van der Waals surface area (Å²) in [6.07, 6.45) is 1.39. The van der Waals surface area contributed by atoms with E-state index in [4.69, 9.17) is 4.52 Å². The lowest BCUT2D eigenvalue weighted by atomic mass is 10.2. The molecule has 1 atom stereocenters. The van der Waals surface area contributed by atoms with Crippen molar-refractivity contribution in [2.24, 2.45) is 0 Å². The number of aromatic amines is 1. The van der Waals surface area contributed by atoms with E-state index in [1.54, 1.807) is 4.68 Å². The first-order chi connectivity index (χ1) is 12.2. The Morgan fingerprint density at radius 3 is 2.84 bits per heavy atom. The Bertz CT molecular complexity index is 961. The normalized spacial score (nSPS) is 12.4. The molecule has 0 amide bonds. The summed E-state index contributed by atoms with van der Waals surface area (Å²) in [5.74, 6) is 1.27. The molecule has 0 saturated heterocycles. The highest BCUT2D eigenvalue weighted by molar-refractivity contribution is 7.99. The smallest absolute Gasteiger partial charge is 0.240 e. The molecule has 3 heterocycles. The van der Waals surface area contributed by atoms with Crippen LogP contribution >= 0.6 is 11.8 Å². The van der Waals surface area contributed by atoms with Crippen molar-refractivity contribution in [3.63, 3.8) is 0 Å². The van der Waals surface area contributed by atoms with Gasteiger partial charge in [-0.25, -0.2) is 4.98 Å². The van der Waals surface area contributed by atoms with Gasteiger partial charge < -0.3 is 4.52 Å². The molecular weight excluding hydrogens is 342 g/mol. The van der Waals surface area contributed by atoms with E-state index in [0.29, 0.717) is 22.7 Å². The van der Waals surface area contributed by atoms with E-state index in [1.807, 2.05) is 38.1 Å². The van der Waals surface area contributed by atoms with Gasteiger partial charge in [-0.2, -0.15) is 14.8 Å². The average molecular weight is 355 g/mol. The van der Waals surface area contributed by atoms with Gasteiger partial charge in [0.05, 0.1) is 10.9 Å². The maximum atomic E-state index is 5.31. The van der Waals surface area contributed by atoms with Crippen LogP contribution in [-0.4, -0.2) is 45.5 Å². The van der Waals surface area contributed by atoms with Crippen molar-refractivity contribution in [1.82, 2.24) is 45.5 Å². The second kappa shape index (κ2) is 6.43. The fourth-order valence-electron chi connectivity index (χ4n) is 2.12. The zero-order chi connectivity index (χ0) is 17.2. The molecule has 0 bridgehead atoms. The van der Waals surface area contributed by atoms with Crippen molar-refractivity contribution in [2.75, 3.05) is 0 Å². The third kappa shape index (κ3) is 3.13. The first kappa shape index (κ1) is 15.4. The number of hydrogen-bond donors (Lipinski definition) is 1. The Balaban J connectivity index is 1.55. The number of benzene rings is 1. The van der Waals surface area contributed by atoms with Crippen LogP contribution in [0.3, 0.4) is 0 Å². The molecule has 1 unspecified atom stereocenters. The van der Waals surface area contributed by atoms with Gasteiger partial charge in [0.1, 0.15) is 6.33 Å². The first-order valence-electron chi connectivity index (χ1n) is 7.42. The molecule has 0 spiro atoms. The lowest BCUT2D eigenvalue weighted by molar-refractivity contribution is 0.380. The van der Waals surface area contributed by atoms with E-state index in [9.17, 15) is 0 Å². The van der Waals surface area contributed by atoms with Crippen molar-refractivity contribution >= 4 is 11.8 Å². The minimum atomic E-state index is -0.139. The SMILES string of the molecule is Cc1ccc(-n2nnnc2SC(C)c2nc(-c3ncn[nH]3)no2)cc1. The summed E-state index contributed by atoms with van der Waals surface area (Å²) < 4.78 is 6.99. The molecule has 0 aliphatic heterocycles. The lowest BCUT2D eigenvalue weighted by Gasteiger charge is -2.07. The van der Waals surface area contributed by atoms with Crippen LogP contribution in [0.4, 0.5) is 0 Å². The highest BCUT2D eigenvalue weighted by atomic mass is 32.2. The highest BCUT2D eigenvalue weighted by Gasteiger charge is 2.21. The Hall–Kier alpha value is -3.08. The molecule has 25 heavy (non-hydrogen) atoms. The van der Waals surface area contributed by atoms with Crippen LogP contribution in [0, 0.1) is 6.92 Å². The summed E-state index contributed by atoms with van der Waals surface area (Å²) in [6, 6.07) is 7.96. The van der Waals surface area contributed by atoms with Crippen LogP contribution in [0.1, 0.15) is 23.6 Å². The molecule has 126 valence electrons. The van der Waals surface area contributed by atoms with Crippen LogP contribution in [0.25, 0.3) is 17.3 Å². The third-order valence-electron chi connectivity index (χ3n) is 3.42. The first-order valence-corrected chi connectivity index (χ1v) is 8.30. The van der Waals surface area contributed by atoms with Crippen molar-refractivity contribution < 1.29 is 4.52 Å². The van der Waals surface area contributed by atoms with Gasteiger partial charge in [-0.1, -0.05) is 34.6 Å². The van der Waals surface area contributed by atoms with Gasteiger partial charge in [-0.3, -0.25) is 5.10 Å². The molecule has 0 aliphatic carbocycles. The van der Waals surface area contributed by atoms with Crippen LogP contribution in [0.15, 0.2) is 40.3 Å². The lowest BCUT2D eigenvalue weighted by Crippen LogP contribution is -2.00. The van der Waals surface area contributed by atoms with E-state index >= 15 is 0 Å². The maximum absolute atomic E-state index is 5.31. The van der Waals surface area contributed by atoms with Gasteiger partial charge in [0.2, 0.25) is 16.9 Å². The average Bonchev–Trinajstić information content (AvgIpc) is 3.36. The molecule has 4 aromatic rings. The highest BCUT2D eigenvalue weighted by Crippen LogP contribution is 2.33. The Labute approximate surface area is 146 Å². The molecule has 10 nitrogen and oxygen atoms in total. The number of H-pyrrole nitrogens is 1. The van der Waals surface area contributed by atoms with Crippen molar-refractivity contribution in [1.29, 1.82) is 0 Å². The van der Waals surface area contributed by atoms with Crippen LogP contribution < -0.4 is 0 Å². The summed E-state index contributed by atoms with van der Waals surface area (Å²) in [4.78, 5) is 8.34. The van der Waals surface area contributed by atoms with Crippen LogP contribution in [0.2, 0.25) is 0 Å². The van der Waals surface area contributed by atoms with Crippen LogP contribution in [0.5, 0.6) is 0 Å². The van der Waals surface area contributed by atoms with E-state index in [-0.39, 0.29) is 5.25 Å². The fourth-order valence-corrected chi connectivity index (χ4v) is 2.96. The van der Waals surface area contributed by atoms with Crippen LogP contribution in [-0.2, 0) is 0 Å². The summed E-state index contributed by atoms with van der Waals surface area (Å²) >= 11 is 1.42. The number of nitrogens with one attached hydrogen (secondary N) is 1. The van der Waals surface area contributed by atoms with Crippen molar-refractivity contribution in [3.05, 3.63) is 42.0 Å². The summed E-state index contributed by atoms with van der Waals surface area (Å²) in [5, 5.41) is 22.8. The third-order valence-corrected chi connectivity index (χ3v) is 4.44. The maximum Gasteiger partial charge on any atom is 0.240 e. The van der Waals surface area contributed by atoms with E-state index in [1.165, 1.54) is 23.7 Å². The van der Waals surface area contributed by atoms with E-state index in [2.05, 4.69) is 40.8 Å². The minimum Gasteiger partial charge on any atom is -0.338 e. The number of aryl methyl sites for hydroxylation is 1. The second-order valence-corrected chi connectivity index (χ2v) is 6.57. The molecule has 11 heteroatoms. The number of thioether (sulfide) groups is 1. The number of hydrogen-bond acceptors (Lipinski definition) is 9. The molecule has 1 N–H and O–H groups in total. The van der Waals surface area contributed by atoms with Gasteiger partial charge in [-0.15, -0.1) is 5.10 Å². The zero-order valence-corrected chi connectivity index (χ0v) is 14.2. The number of tetrazole rings is 1. The van der Waals surface area contributed by atoms with E-state index in [0.717, 1.165) is 5.69 Å². The largest absolute Gasteiger partial charge is 0.338 e. The quantitative estimate of drug-likeness (QED) is 0.535. The van der Waals surface area contributed by atoms with Gasteiger partial charge in [0.25, 0.3) is 0 Å². The van der Waals surface area contributed by atoms with Gasteiger partial charge in [0.15, 0.2) is 5.82 Å². The number of rotatable bonds is 5. The fraction of sp³-hybridized carbons (Fsp3) is 0.214. The van der Waals surface area contributed by atoms with E-state index < -0.39 is 0 Å². The Morgan fingerprint density at radius 2 is 2.08 bits per heavy atom.